The van der Waals surface area contributed by atoms with E-state index in [1.54, 1.807) is 12.3 Å². The molecule has 0 aliphatic heterocycles. The first-order valence-corrected chi connectivity index (χ1v) is 5.96. The molecule has 0 saturated carbocycles. The van der Waals surface area contributed by atoms with Gasteiger partial charge >= 0.3 is 0 Å². The number of aromatic nitrogens is 2. The molecule has 0 radical (unpaired) electrons. The van der Waals surface area contributed by atoms with Crippen molar-refractivity contribution in [2.45, 2.75) is 6.04 Å². The Kier molecular flexibility index (Phi) is 2.93. The summed E-state index contributed by atoms with van der Waals surface area (Å²) in [6.07, 6.45) is 4.39. The highest BCUT2D eigenvalue weighted by atomic mass is 19.1. The maximum absolute atomic E-state index is 13.8. The van der Waals surface area contributed by atoms with Crippen molar-refractivity contribution >= 4 is 10.8 Å². The largest absolute Gasteiger partial charge is 0.319 e. The first-order chi connectivity index (χ1) is 9.27. The molecule has 2 N–H and O–H groups in total. The van der Waals surface area contributed by atoms with Gasteiger partial charge in [-0.3, -0.25) is 9.97 Å². The van der Waals surface area contributed by atoms with Crippen LogP contribution in [-0.2, 0) is 0 Å². The van der Waals surface area contributed by atoms with Gasteiger partial charge in [0.1, 0.15) is 5.82 Å². The molecule has 1 aromatic carbocycles. The molecule has 3 aromatic rings. The van der Waals surface area contributed by atoms with E-state index in [4.69, 9.17) is 5.73 Å². The lowest BCUT2D eigenvalue weighted by atomic mass is 10.00. The molecule has 0 bridgehead atoms. The molecule has 94 valence electrons. The lowest BCUT2D eigenvalue weighted by Gasteiger charge is -2.14. The minimum absolute atomic E-state index is 0.402. The third-order valence-corrected chi connectivity index (χ3v) is 3.14. The summed E-state index contributed by atoms with van der Waals surface area (Å²) in [5.74, 6) is -0.412. The molecule has 0 fully saturated rings. The Labute approximate surface area is 109 Å². The summed E-state index contributed by atoms with van der Waals surface area (Å²) >= 11 is 0. The second kappa shape index (κ2) is 4.74. The standard InChI is InChI=1S/C15H12FN3/c16-13-9-18-7-6-12(13)14(17)15-11-4-2-1-3-10(11)5-8-19-15/h1-9,14H,17H2. The topological polar surface area (TPSA) is 51.8 Å². The molecule has 2 heterocycles. The van der Waals surface area contributed by atoms with Crippen molar-refractivity contribution in [3.63, 3.8) is 0 Å². The van der Waals surface area contributed by atoms with Gasteiger partial charge in [-0.15, -0.1) is 0 Å². The van der Waals surface area contributed by atoms with Crippen LogP contribution in [0.25, 0.3) is 10.8 Å². The highest BCUT2D eigenvalue weighted by Gasteiger charge is 2.16. The minimum atomic E-state index is -0.603. The fraction of sp³-hybridized carbons (Fsp3) is 0.0667. The summed E-state index contributed by atoms with van der Waals surface area (Å²) in [4.78, 5) is 8.04. The summed E-state index contributed by atoms with van der Waals surface area (Å²) in [6, 6.07) is 10.7. The van der Waals surface area contributed by atoms with Crippen LogP contribution in [0.3, 0.4) is 0 Å². The van der Waals surface area contributed by atoms with E-state index in [2.05, 4.69) is 9.97 Å². The number of nitrogens with zero attached hydrogens (tertiary/aromatic N) is 2. The smallest absolute Gasteiger partial charge is 0.146 e. The second-order valence-corrected chi connectivity index (χ2v) is 4.29. The Morgan fingerprint density at radius 2 is 1.89 bits per heavy atom. The van der Waals surface area contributed by atoms with Crippen LogP contribution in [0.15, 0.2) is 55.0 Å². The zero-order valence-corrected chi connectivity index (χ0v) is 10.1. The molecule has 3 rings (SSSR count). The molecule has 1 atom stereocenters. The summed E-state index contributed by atoms with van der Waals surface area (Å²) in [7, 11) is 0. The number of nitrogens with two attached hydrogens (primary N) is 1. The maximum Gasteiger partial charge on any atom is 0.146 e. The van der Waals surface area contributed by atoms with Crippen LogP contribution in [0, 0.1) is 5.82 Å². The fourth-order valence-electron chi connectivity index (χ4n) is 2.18. The average Bonchev–Trinajstić information content (AvgIpc) is 2.46. The number of halogens is 1. The van der Waals surface area contributed by atoms with Gasteiger partial charge in [0, 0.05) is 23.3 Å². The molecule has 0 spiro atoms. The molecular formula is C15H12FN3. The molecule has 3 nitrogen and oxygen atoms in total. The molecule has 19 heavy (non-hydrogen) atoms. The van der Waals surface area contributed by atoms with Crippen molar-refractivity contribution in [1.82, 2.24) is 9.97 Å². The summed E-state index contributed by atoms with van der Waals surface area (Å²) in [6.45, 7) is 0. The van der Waals surface area contributed by atoms with Crippen LogP contribution in [0.2, 0.25) is 0 Å². The summed E-state index contributed by atoms with van der Waals surface area (Å²) < 4.78 is 13.8. The Hall–Kier alpha value is -2.33. The van der Waals surface area contributed by atoms with E-state index in [0.717, 1.165) is 10.8 Å². The fourth-order valence-corrected chi connectivity index (χ4v) is 2.18. The first-order valence-electron chi connectivity index (χ1n) is 5.96. The quantitative estimate of drug-likeness (QED) is 0.764. The third-order valence-electron chi connectivity index (χ3n) is 3.14. The SMILES string of the molecule is NC(c1ccncc1F)c1nccc2ccccc12. The third kappa shape index (κ3) is 2.06. The monoisotopic (exact) mass is 253 g/mol. The number of rotatable bonds is 2. The van der Waals surface area contributed by atoms with E-state index in [-0.39, 0.29) is 0 Å². The molecule has 4 heteroatoms. The van der Waals surface area contributed by atoms with E-state index < -0.39 is 11.9 Å². The van der Waals surface area contributed by atoms with Gasteiger partial charge in [-0.25, -0.2) is 4.39 Å². The second-order valence-electron chi connectivity index (χ2n) is 4.29. The van der Waals surface area contributed by atoms with Crippen LogP contribution in [-0.4, -0.2) is 9.97 Å². The van der Waals surface area contributed by atoms with Crippen LogP contribution in [0.4, 0.5) is 4.39 Å². The Balaban J connectivity index is 2.17. The molecule has 1 unspecified atom stereocenters. The van der Waals surface area contributed by atoms with Gasteiger partial charge in [0.15, 0.2) is 0 Å². The van der Waals surface area contributed by atoms with E-state index in [1.165, 1.54) is 12.4 Å². The van der Waals surface area contributed by atoms with Gasteiger partial charge in [0.25, 0.3) is 0 Å². The zero-order valence-electron chi connectivity index (χ0n) is 10.1. The van der Waals surface area contributed by atoms with Gasteiger partial charge in [-0.05, 0) is 17.5 Å². The number of fused-ring (bicyclic) bond motifs is 1. The van der Waals surface area contributed by atoms with Crippen molar-refractivity contribution in [2.75, 3.05) is 0 Å². The van der Waals surface area contributed by atoms with Crippen LogP contribution < -0.4 is 5.73 Å². The van der Waals surface area contributed by atoms with E-state index >= 15 is 0 Å². The molecule has 0 aliphatic carbocycles. The highest BCUT2D eigenvalue weighted by molar-refractivity contribution is 5.85. The van der Waals surface area contributed by atoms with Crippen molar-refractivity contribution in [3.8, 4) is 0 Å². The highest BCUT2D eigenvalue weighted by Crippen LogP contribution is 2.26. The number of hydrogen-bond donors (Lipinski definition) is 1. The molecule has 0 saturated heterocycles. The summed E-state index contributed by atoms with van der Waals surface area (Å²) in [5.41, 5.74) is 7.22. The predicted molar refractivity (Wildman–Crippen MR) is 72.0 cm³/mol. The number of benzene rings is 1. The summed E-state index contributed by atoms with van der Waals surface area (Å²) in [5, 5.41) is 1.98. The zero-order chi connectivity index (χ0) is 13.2. The van der Waals surface area contributed by atoms with Crippen molar-refractivity contribution in [3.05, 3.63) is 72.1 Å². The lowest BCUT2D eigenvalue weighted by molar-refractivity contribution is 0.591. The molecule has 0 aliphatic rings. The Morgan fingerprint density at radius 3 is 2.74 bits per heavy atom. The average molecular weight is 253 g/mol. The predicted octanol–water partition coefficient (Wildman–Crippen LogP) is 2.82. The maximum atomic E-state index is 13.8. The van der Waals surface area contributed by atoms with Crippen LogP contribution >= 0.6 is 0 Å². The molecule has 2 aromatic heterocycles. The van der Waals surface area contributed by atoms with Gasteiger partial charge in [0.2, 0.25) is 0 Å². The van der Waals surface area contributed by atoms with Gasteiger partial charge in [-0.2, -0.15) is 0 Å². The minimum Gasteiger partial charge on any atom is -0.319 e. The molecular weight excluding hydrogens is 241 g/mol. The molecule has 0 amide bonds. The number of hydrogen-bond acceptors (Lipinski definition) is 3. The van der Waals surface area contributed by atoms with Crippen molar-refractivity contribution in [2.24, 2.45) is 5.73 Å². The van der Waals surface area contributed by atoms with Crippen LogP contribution in [0.1, 0.15) is 17.3 Å². The van der Waals surface area contributed by atoms with Crippen molar-refractivity contribution in [1.29, 1.82) is 0 Å². The Bertz CT molecular complexity index is 722. The van der Waals surface area contributed by atoms with Gasteiger partial charge in [0.05, 0.1) is 17.9 Å². The lowest BCUT2D eigenvalue weighted by Crippen LogP contribution is -2.15. The van der Waals surface area contributed by atoms with Crippen LogP contribution in [0.5, 0.6) is 0 Å². The van der Waals surface area contributed by atoms with E-state index in [1.807, 2.05) is 30.3 Å². The van der Waals surface area contributed by atoms with Gasteiger partial charge in [-0.1, -0.05) is 24.3 Å². The van der Waals surface area contributed by atoms with Crippen molar-refractivity contribution < 1.29 is 4.39 Å². The Morgan fingerprint density at radius 1 is 1.05 bits per heavy atom. The van der Waals surface area contributed by atoms with E-state index in [9.17, 15) is 4.39 Å². The normalized spacial score (nSPS) is 12.5. The number of pyridine rings is 2. The first kappa shape index (κ1) is 11.7. The van der Waals surface area contributed by atoms with E-state index in [0.29, 0.717) is 11.3 Å². The van der Waals surface area contributed by atoms with Gasteiger partial charge < -0.3 is 5.73 Å².